The SMILES string of the molecule is COc1cccc(C(C)(O)CC2(F)C(F)(F)C(F)(F)C(F)(F)C(F)(F)C2(F)F)c1. The number of methoxy groups -OCH3 is 1. The quantitative estimate of drug-likeness (QED) is 0.646. The van der Waals surface area contributed by atoms with Crippen molar-refractivity contribution >= 4 is 0 Å². The lowest BCUT2D eigenvalue weighted by Crippen LogP contribution is -2.84. The number of hydrogen-bond donors (Lipinski definition) is 1. The van der Waals surface area contributed by atoms with E-state index >= 15 is 0 Å². The van der Waals surface area contributed by atoms with Crippen molar-refractivity contribution in [2.75, 3.05) is 7.11 Å². The van der Waals surface area contributed by atoms with Gasteiger partial charge < -0.3 is 9.84 Å². The van der Waals surface area contributed by atoms with Gasteiger partial charge in [0.2, 0.25) is 0 Å². The fourth-order valence-electron chi connectivity index (χ4n) is 3.04. The van der Waals surface area contributed by atoms with E-state index in [0.29, 0.717) is 6.92 Å². The molecule has 1 aliphatic carbocycles. The molecule has 13 heteroatoms. The van der Waals surface area contributed by atoms with Crippen molar-refractivity contribution in [2.45, 2.75) is 54.2 Å². The molecule has 2 rings (SSSR count). The topological polar surface area (TPSA) is 29.5 Å². The second-order valence-corrected chi connectivity index (χ2v) is 6.86. The molecule has 0 spiro atoms. The van der Waals surface area contributed by atoms with Crippen molar-refractivity contribution in [3.63, 3.8) is 0 Å². The van der Waals surface area contributed by atoms with Gasteiger partial charge in [-0.3, -0.25) is 0 Å². The third kappa shape index (κ3) is 2.65. The third-order valence-corrected chi connectivity index (χ3v) is 4.85. The number of rotatable bonds is 4. The lowest BCUT2D eigenvalue weighted by Gasteiger charge is -2.53. The minimum atomic E-state index is -7.29. The van der Waals surface area contributed by atoms with Crippen LogP contribution in [0.1, 0.15) is 18.9 Å². The molecule has 0 aromatic heterocycles. The first-order valence-electron chi connectivity index (χ1n) is 7.69. The average molecular weight is 446 g/mol. The molecule has 1 N–H and O–H groups in total. The normalized spacial score (nSPS) is 27.7. The molecule has 1 fully saturated rings. The summed E-state index contributed by atoms with van der Waals surface area (Å²) in [5.74, 6) is -35.8. The highest BCUT2D eigenvalue weighted by atomic mass is 19.4. The van der Waals surface area contributed by atoms with Gasteiger partial charge in [-0.1, -0.05) is 12.1 Å². The van der Waals surface area contributed by atoms with Gasteiger partial charge >= 0.3 is 29.6 Å². The molecule has 0 aliphatic heterocycles. The van der Waals surface area contributed by atoms with E-state index in [2.05, 4.69) is 0 Å². The first kappa shape index (κ1) is 23.5. The highest BCUT2D eigenvalue weighted by Gasteiger charge is 3.01. The summed E-state index contributed by atoms with van der Waals surface area (Å²) in [6, 6.07) is 3.91. The summed E-state index contributed by atoms with van der Waals surface area (Å²) in [6.45, 7) is 0.387. The van der Waals surface area contributed by atoms with E-state index in [1.165, 1.54) is 6.07 Å². The maximum atomic E-state index is 14.8. The van der Waals surface area contributed by atoms with Gasteiger partial charge in [0.05, 0.1) is 12.7 Å². The largest absolute Gasteiger partial charge is 0.497 e. The fraction of sp³-hybridized carbons (Fsp3) is 0.625. The zero-order chi connectivity index (χ0) is 22.9. The number of alkyl halides is 11. The maximum absolute atomic E-state index is 14.8. The molecule has 0 amide bonds. The third-order valence-electron chi connectivity index (χ3n) is 4.85. The van der Waals surface area contributed by atoms with Crippen LogP contribution in [0.15, 0.2) is 24.3 Å². The van der Waals surface area contributed by atoms with Crippen LogP contribution in [0, 0.1) is 0 Å². The van der Waals surface area contributed by atoms with Gasteiger partial charge in [0, 0.05) is 6.42 Å². The van der Waals surface area contributed by atoms with Crippen molar-refractivity contribution in [3.05, 3.63) is 29.8 Å². The van der Waals surface area contributed by atoms with E-state index in [9.17, 15) is 53.4 Å². The van der Waals surface area contributed by atoms with E-state index in [1.807, 2.05) is 0 Å². The Morgan fingerprint density at radius 1 is 0.793 bits per heavy atom. The van der Waals surface area contributed by atoms with Gasteiger partial charge in [-0.25, -0.2) is 4.39 Å². The number of aliphatic hydroxyl groups is 1. The summed E-state index contributed by atoms with van der Waals surface area (Å²) >= 11 is 0. The predicted octanol–water partition coefficient (Wildman–Crippen LogP) is 5.19. The average Bonchev–Trinajstić information content (AvgIpc) is 2.59. The predicted molar refractivity (Wildman–Crippen MR) is 75.8 cm³/mol. The molecule has 0 heterocycles. The standard InChI is InChI=1S/C16H13F11O2/c1-10(28,8-4-3-5-9(6-8)29-2)7-11(17)12(18,19)14(22,23)16(26,27)15(24,25)13(11,20)21/h3-6,28H,7H2,1-2H3. The highest BCUT2D eigenvalue weighted by molar-refractivity contribution is 5.34. The minimum Gasteiger partial charge on any atom is -0.497 e. The molecule has 1 aliphatic rings. The van der Waals surface area contributed by atoms with Gasteiger partial charge in [-0.2, -0.15) is 43.9 Å². The van der Waals surface area contributed by atoms with Crippen molar-refractivity contribution in [3.8, 4) is 5.75 Å². The Morgan fingerprint density at radius 2 is 1.21 bits per heavy atom. The van der Waals surface area contributed by atoms with Gasteiger partial charge in [0.25, 0.3) is 5.67 Å². The van der Waals surface area contributed by atoms with Gasteiger partial charge in [-0.05, 0) is 24.6 Å². The van der Waals surface area contributed by atoms with Crippen LogP contribution in [0.5, 0.6) is 5.75 Å². The number of halogens is 11. The number of hydrogen-bond acceptors (Lipinski definition) is 2. The summed E-state index contributed by atoms with van der Waals surface area (Å²) in [5.41, 5.74) is -10.1. The monoisotopic (exact) mass is 446 g/mol. The molecule has 1 atom stereocenters. The molecule has 1 unspecified atom stereocenters. The Balaban J connectivity index is 2.70. The molecule has 2 nitrogen and oxygen atoms in total. The number of ether oxygens (including phenoxy) is 1. The molecule has 1 aromatic carbocycles. The summed E-state index contributed by atoms with van der Waals surface area (Å²) in [7, 11) is 1.08. The van der Waals surface area contributed by atoms with Crippen LogP contribution >= 0.6 is 0 Å². The van der Waals surface area contributed by atoms with Gasteiger partial charge in [0.15, 0.2) is 0 Å². The van der Waals surface area contributed by atoms with Crippen LogP contribution in [0.2, 0.25) is 0 Å². The highest BCUT2D eigenvalue weighted by Crippen LogP contribution is 2.71. The molecule has 0 radical (unpaired) electrons. The summed E-state index contributed by atoms with van der Waals surface area (Å²) in [4.78, 5) is 0. The van der Waals surface area contributed by atoms with E-state index in [4.69, 9.17) is 4.74 Å². The zero-order valence-electron chi connectivity index (χ0n) is 14.5. The Morgan fingerprint density at radius 3 is 1.62 bits per heavy atom. The molecular weight excluding hydrogens is 433 g/mol. The Kier molecular flexibility index (Phi) is 4.95. The first-order chi connectivity index (χ1) is 12.7. The first-order valence-corrected chi connectivity index (χ1v) is 7.69. The Labute approximate surface area is 156 Å². The van der Waals surface area contributed by atoms with Crippen LogP contribution in [-0.4, -0.2) is 47.5 Å². The van der Waals surface area contributed by atoms with Crippen LogP contribution in [0.3, 0.4) is 0 Å². The van der Waals surface area contributed by atoms with Crippen molar-refractivity contribution in [1.29, 1.82) is 0 Å². The summed E-state index contributed by atoms with van der Waals surface area (Å²) in [6.07, 6.45) is -2.77. The lowest BCUT2D eigenvalue weighted by molar-refractivity contribution is -0.488. The molecular formula is C16H13F11O2. The van der Waals surface area contributed by atoms with Crippen LogP contribution in [0.4, 0.5) is 48.3 Å². The fourth-order valence-corrected chi connectivity index (χ4v) is 3.04. The van der Waals surface area contributed by atoms with Crippen LogP contribution in [-0.2, 0) is 5.60 Å². The van der Waals surface area contributed by atoms with E-state index in [1.54, 1.807) is 0 Å². The van der Waals surface area contributed by atoms with E-state index in [-0.39, 0.29) is 5.75 Å². The number of benzene rings is 1. The summed E-state index contributed by atoms with van der Waals surface area (Å²) in [5, 5.41) is 10.2. The van der Waals surface area contributed by atoms with Crippen molar-refractivity contribution in [1.82, 2.24) is 0 Å². The Bertz CT molecular complexity index is 759. The molecule has 166 valence electrons. The second-order valence-electron chi connectivity index (χ2n) is 6.86. The molecule has 0 saturated heterocycles. The molecule has 0 bridgehead atoms. The molecule has 1 aromatic rings. The van der Waals surface area contributed by atoms with Gasteiger partial charge in [0.1, 0.15) is 5.75 Å². The molecule has 1 saturated carbocycles. The van der Waals surface area contributed by atoms with Gasteiger partial charge in [-0.15, -0.1) is 0 Å². The van der Waals surface area contributed by atoms with E-state index < -0.39 is 52.9 Å². The zero-order valence-corrected chi connectivity index (χ0v) is 14.5. The minimum absolute atomic E-state index is 0.125. The van der Waals surface area contributed by atoms with E-state index in [0.717, 1.165) is 25.3 Å². The van der Waals surface area contributed by atoms with Crippen molar-refractivity contribution in [2.24, 2.45) is 0 Å². The lowest BCUT2D eigenvalue weighted by atomic mass is 9.67. The Hall–Kier alpha value is -1.79. The van der Waals surface area contributed by atoms with Crippen LogP contribution < -0.4 is 4.74 Å². The smallest absolute Gasteiger partial charge is 0.384 e. The molecule has 29 heavy (non-hydrogen) atoms. The van der Waals surface area contributed by atoms with Crippen molar-refractivity contribution < 1.29 is 58.1 Å². The second kappa shape index (κ2) is 6.11. The van der Waals surface area contributed by atoms with Crippen LogP contribution in [0.25, 0.3) is 0 Å². The summed E-state index contributed by atoms with van der Waals surface area (Å²) < 4.78 is 156. The maximum Gasteiger partial charge on any atom is 0.384 e.